The summed E-state index contributed by atoms with van der Waals surface area (Å²) in [5.74, 6) is 8.19. The van der Waals surface area contributed by atoms with Crippen LogP contribution in [-0.2, 0) is 0 Å². The van der Waals surface area contributed by atoms with E-state index >= 15 is 0 Å². The van der Waals surface area contributed by atoms with Gasteiger partial charge in [-0.1, -0.05) is 17.9 Å². The molecule has 23 heavy (non-hydrogen) atoms. The zero-order chi connectivity index (χ0) is 15.6. The molecule has 2 aliphatic rings. The molecule has 2 aliphatic heterocycles. The molecule has 0 radical (unpaired) electrons. The van der Waals surface area contributed by atoms with Crippen LogP contribution >= 0.6 is 23.1 Å². The highest BCUT2D eigenvalue weighted by Crippen LogP contribution is 2.41. The normalized spacial score (nSPS) is 27.3. The minimum absolute atomic E-state index is 0.180. The second-order valence-corrected chi connectivity index (χ2v) is 7.71. The Labute approximate surface area is 144 Å². The molecular weight excluding hydrogens is 326 g/mol. The first kappa shape index (κ1) is 15.1. The third-order valence-corrected chi connectivity index (χ3v) is 5.92. The van der Waals surface area contributed by atoms with Crippen LogP contribution in [0.15, 0.2) is 17.5 Å². The molecule has 2 saturated heterocycles. The van der Waals surface area contributed by atoms with E-state index in [2.05, 4.69) is 25.5 Å². The summed E-state index contributed by atoms with van der Waals surface area (Å²) in [6.45, 7) is 5.50. The third-order valence-electron chi connectivity index (χ3n) is 4.61. The van der Waals surface area contributed by atoms with Crippen molar-refractivity contribution in [3.05, 3.63) is 28.1 Å². The fraction of sp³-hybridized carbons (Fsp3) is 0.529. The summed E-state index contributed by atoms with van der Waals surface area (Å²) in [7, 11) is 0. The Bertz CT molecular complexity index is 716. The first-order chi connectivity index (χ1) is 11.3. The van der Waals surface area contributed by atoms with Crippen molar-refractivity contribution in [3.8, 4) is 17.7 Å². The molecule has 4 rings (SSSR count). The molecule has 120 valence electrons. The number of hydrogen-bond acceptors (Lipinski definition) is 6. The van der Waals surface area contributed by atoms with Crippen LogP contribution in [-0.4, -0.2) is 39.4 Å². The van der Waals surface area contributed by atoms with E-state index in [1.807, 2.05) is 24.4 Å². The summed E-state index contributed by atoms with van der Waals surface area (Å²) >= 11 is 2.90. The van der Waals surface area contributed by atoms with Crippen molar-refractivity contribution in [2.45, 2.75) is 31.8 Å². The van der Waals surface area contributed by atoms with E-state index in [-0.39, 0.29) is 6.10 Å². The van der Waals surface area contributed by atoms with Gasteiger partial charge in [0.2, 0.25) is 0 Å². The van der Waals surface area contributed by atoms with E-state index in [0.717, 1.165) is 17.1 Å². The van der Waals surface area contributed by atoms with Gasteiger partial charge in [0.05, 0.1) is 16.6 Å². The lowest BCUT2D eigenvalue weighted by molar-refractivity contribution is 0.262. The van der Waals surface area contributed by atoms with Crippen LogP contribution in [0.2, 0.25) is 0 Å². The number of thiophene rings is 1. The standard InChI is InChI=1S/C17H19N3OS2/c1-12(6-7-14-5-3-9-22-14)21-17-16(18-23-19-17)15-11-20-8-2-4-13(15)10-20/h3,5,9,12-13,15H,2,4,8,10-11H2,1H3/t12-,13+,15+/m1/s1. The molecular formula is C17H19N3OS2. The van der Waals surface area contributed by atoms with Crippen molar-refractivity contribution in [2.75, 3.05) is 19.6 Å². The molecule has 2 aromatic heterocycles. The predicted molar refractivity (Wildman–Crippen MR) is 93.1 cm³/mol. The maximum absolute atomic E-state index is 5.99. The van der Waals surface area contributed by atoms with Crippen molar-refractivity contribution < 1.29 is 4.74 Å². The lowest BCUT2D eigenvalue weighted by Crippen LogP contribution is -2.25. The molecule has 0 spiro atoms. The van der Waals surface area contributed by atoms with E-state index in [9.17, 15) is 0 Å². The summed E-state index contributed by atoms with van der Waals surface area (Å²) in [6, 6.07) is 4.03. The van der Waals surface area contributed by atoms with Crippen LogP contribution in [0.5, 0.6) is 5.88 Å². The van der Waals surface area contributed by atoms with Crippen LogP contribution in [0.1, 0.15) is 36.3 Å². The molecule has 2 aromatic rings. The minimum atomic E-state index is -0.180. The molecule has 2 fully saturated rings. The Morgan fingerprint density at radius 3 is 3.17 bits per heavy atom. The number of piperidine rings is 1. The Kier molecular flexibility index (Phi) is 4.34. The van der Waals surface area contributed by atoms with Crippen LogP contribution in [0.25, 0.3) is 0 Å². The maximum atomic E-state index is 5.99. The number of nitrogens with zero attached hydrogens (tertiary/aromatic N) is 3. The van der Waals surface area contributed by atoms with Gasteiger partial charge in [0, 0.05) is 19.0 Å². The average Bonchev–Trinajstić information content (AvgIpc) is 3.27. The fourth-order valence-electron chi connectivity index (χ4n) is 3.54. The fourth-order valence-corrected chi connectivity index (χ4v) is 4.67. The topological polar surface area (TPSA) is 38.3 Å². The highest BCUT2D eigenvalue weighted by atomic mass is 32.1. The monoisotopic (exact) mass is 345 g/mol. The average molecular weight is 345 g/mol. The number of aromatic nitrogens is 2. The first-order valence-corrected chi connectivity index (χ1v) is 9.67. The van der Waals surface area contributed by atoms with Crippen LogP contribution < -0.4 is 4.74 Å². The summed E-state index contributed by atoms with van der Waals surface area (Å²) in [4.78, 5) is 3.61. The molecule has 0 amide bonds. The van der Waals surface area contributed by atoms with Crippen LogP contribution in [0, 0.1) is 17.8 Å². The Morgan fingerprint density at radius 2 is 2.35 bits per heavy atom. The van der Waals surface area contributed by atoms with Crippen LogP contribution in [0.3, 0.4) is 0 Å². The lowest BCUT2D eigenvalue weighted by Gasteiger charge is -2.21. The number of hydrogen-bond donors (Lipinski definition) is 0. The molecule has 0 N–H and O–H groups in total. The van der Waals surface area contributed by atoms with Crippen molar-refractivity contribution in [1.29, 1.82) is 0 Å². The summed E-state index contributed by atoms with van der Waals surface area (Å²) in [5, 5.41) is 2.03. The summed E-state index contributed by atoms with van der Waals surface area (Å²) in [5.41, 5.74) is 1.05. The SMILES string of the molecule is C[C@H](C#Cc1cccs1)Oc1nsnc1[C@H]1CN2CCC[C@H]1C2. The Hall–Kier alpha value is -1.42. The third kappa shape index (κ3) is 3.27. The van der Waals surface area contributed by atoms with Gasteiger partial charge in [-0.15, -0.1) is 15.7 Å². The van der Waals surface area contributed by atoms with Gasteiger partial charge in [0.25, 0.3) is 5.88 Å². The number of fused-ring (bicyclic) bond motifs is 2. The van der Waals surface area contributed by atoms with E-state index < -0.39 is 0 Å². The molecule has 0 saturated carbocycles. The van der Waals surface area contributed by atoms with Gasteiger partial charge in [-0.25, -0.2) is 0 Å². The van der Waals surface area contributed by atoms with E-state index in [4.69, 9.17) is 4.74 Å². The van der Waals surface area contributed by atoms with E-state index in [1.165, 1.54) is 37.7 Å². The lowest BCUT2D eigenvalue weighted by atomic mass is 9.89. The summed E-state index contributed by atoms with van der Waals surface area (Å²) < 4.78 is 14.9. The Morgan fingerprint density at radius 1 is 1.39 bits per heavy atom. The van der Waals surface area contributed by atoms with Gasteiger partial charge in [-0.3, -0.25) is 0 Å². The van der Waals surface area contributed by atoms with E-state index in [0.29, 0.717) is 17.7 Å². The molecule has 0 aliphatic carbocycles. The quantitative estimate of drug-likeness (QED) is 0.801. The summed E-state index contributed by atoms with van der Waals surface area (Å²) in [6.07, 6.45) is 2.42. The molecule has 1 unspecified atom stereocenters. The van der Waals surface area contributed by atoms with E-state index in [1.54, 1.807) is 11.3 Å². The molecule has 6 heteroatoms. The highest BCUT2D eigenvalue weighted by molar-refractivity contribution is 7.10. The number of rotatable bonds is 3. The van der Waals surface area contributed by atoms with Gasteiger partial charge in [0.1, 0.15) is 5.69 Å². The zero-order valence-corrected chi connectivity index (χ0v) is 14.7. The molecule has 0 aromatic carbocycles. The van der Waals surface area contributed by atoms with Crippen molar-refractivity contribution in [2.24, 2.45) is 5.92 Å². The van der Waals surface area contributed by atoms with Crippen LogP contribution in [0.4, 0.5) is 0 Å². The zero-order valence-electron chi connectivity index (χ0n) is 13.1. The van der Waals surface area contributed by atoms with Gasteiger partial charge < -0.3 is 9.64 Å². The van der Waals surface area contributed by atoms with Gasteiger partial charge in [0.15, 0.2) is 6.10 Å². The second-order valence-electron chi connectivity index (χ2n) is 6.23. The molecule has 2 bridgehead atoms. The molecule has 4 atom stereocenters. The molecule has 4 heterocycles. The van der Waals surface area contributed by atoms with Gasteiger partial charge >= 0.3 is 0 Å². The highest BCUT2D eigenvalue weighted by Gasteiger charge is 2.39. The Balaban J connectivity index is 1.47. The van der Waals surface area contributed by atoms with Crippen molar-refractivity contribution >= 4 is 23.1 Å². The maximum Gasteiger partial charge on any atom is 0.250 e. The smallest absolute Gasteiger partial charge is 0.250 e. The van der Waals surface area contributed by atoms with Gasteiger partial charge in [-0.2, -0.15) is 4.37 Å². The van der Waals surface area contributed by atoms with Gasteiger partial charge in [-0.05, 0) is 43.7 Å². The van der Waals surface area contributed by atoms with Crippen molar-refractivity contribution in [3.63, 3.8) is 0 Å². The minimum Gasteiger partial charge on any atom is -0.459 e. The largest absolute Gasteiger partial charge is 0.459 e. The number of ether oxygens (including phenoxy) is 1. The van der Waals surface area contributed by atoms with Crippen molar-refractivity contribution in [1.82, 2.24) is 13.6 Å². The first-order valence-electron chi connectivity index (χ1n) is 8.06. The molecule has 4 nitrogen and oxygen atoms in total. The predicted octanol–water partition coefficient (Wildman–Crippen LogP) is 3.23. The second kappa shape index (κ2) is 6.60.